The summed E-state index contributed by atoms with van der Waals surface area (Å²) in [6.07, 6.45) is 0. The van der Waals surface area contributed by atoms with Gasteiger partial charge in [-0.15, -0.1) is 24.2 Å². The fourth-order valence-corrected chi connectivity index (χ4v) is 1.56. The molecule has 74 valence electrons. The number of nitrogens with two attached hydrogens (primary N) is 2. The minimum atomic E-state index is 0. The second-order valence-corrected chi connectivity index (χ2v) is 3.51. The number of aliphatic hydroxyl groups is 1. The summed E-state index contributed by atoms with van der Waals surface area (Å²) in [7, 11) is 0. The van der Waals surface area contributed by atoms with E-state index in [1.54, 1.807) is 12.1 Å². The number of thioether (sulfide) groups is 1. The molecule has 1 aromatic carbocycles. The number of rotatable bonds is 3. The van der Waals surface area contributed by atoms with Crippen LogP contribution in [-0.4, -0.2) is 17.5 Å². The van der Waals surface area contributed by atoms with Crippen molar-refractivity contribution in [3.05, 3.63) is 18.2 Å². The first-order valence-corrected chi connectivity index (χ1v) is 4.61. The molecule has 0 unspecified atom stereocenters. The molecule has 0 radical (unpaired) electrons. The van der Waals surface area contributed by atoms with Crippen LogP contribution < -0.4 is 11.5 Å². The van der Waals surface area contributed by atoms with Crippen LogP contribution in [0.15, 0.2) is 23.1 Å². The molecule has 0 atom stereocenters. The Morgan fingerprint density at radius 3 is 2.54 bits per heavy atom. The molecule has 0 aliphatic heterocycles. The molecular weight excluding hydrogens is 208 g/mol. The van der Waals surface area contributed by atoms with Crippen LogP contribution in [-0.2, 0) is 0 Å². The van der Waals surface area contributed by atoms with Crippen molar-refractivity contribution in [2.75, 3.05) is 23.8 Å². The lowest BCUT2D eigenvalue weighted by molar-refractivity contribution is 0.322. The van der Waals surface area contributed by atoms with Crippen molar-refractivity contribution < 1.29 is 5.11 Å². The van der Waals surface area contributed by atoms with E-state index in [1.807, 2.05) is 6.07 Å². The lowest BCUT2D eigenvalue weighted by atomic mass is 10.3. The Morgan fingerprint density at radius 1 is 1.31 bits per heavy atom. The largest absolute Gasteiger partial charge is 0.399 e. The van der Waals surface area contributed by atoms with Crippen molar-refractivity contribution in [3.63, 3.8) is 0 Å². The lowest BCUT2D eigenvalue weighted by Crippen LogP contribution is -1.93. The van der Waals surface area contributed by atoms with Crippen LogP contribution in [0.2, 0.25) is 0 Å². The molecule has 0 aliphatic carbocycles. The van der Waals surface area contributed by atoms with Crippen LogP contribution in [0.3, 0.4) is 0 Å². The Bertz CT molecular complexity index is 270. The Hall–Kier alpha value is -0.580. The standard InChI is InChI=1S/C8H12N2OS.ClH/c9-6-1-2-8(7(10)5-6)12-4-3-11;/h1-2,5,11H,3-4,9-10H2;1H. The van der Waals surface area contributed by atoms with Gasteiger partial charge >= 0.3 is 0 Å². The van der Waals surface area contributed by atoms with Crippen molar-refractivity contribution in [2.24, 2.45) is 0 Å². The molecule has 1 rings (SSSR count). The number of nitrogen functional groups attached to an aromatic ring is 2. The van der Waals surface area contributed by atoms with E-state index in [0.29, 0.717) is 17.1 Å². The molecular formula is C8H13ClN2OS. The van der Waals surface area contributed by atoms with Crippen molar-refractivity contribution >= 4 is 35.5 Å². The maximum absolute atomic E-state index is 8.59. The smallest absolute Gasteiger partial charge is 0.0525 e. The zero-order chi connectivity index (χ0) is 8.97. The molecule has 3 nitrogen and oxygen atoms in total. The topological polar surface area (TPSA) is 72.3 Å². The summed E-state index contributed by atoms with van der Waals surface area (Å²) in [6, 6.07) is 5.39. The van der Waals surface area contributed by atoms with Crippen LogP contribution in [0, 0.1) is 0 Å². The van der Waals surface area contributed by atoms with E-state index in [-0.39, 0.29) is 19.0 Å². The Morgan fingerprint density at radius 2 is 2.00 bits per heavy atom. The third-order valence-corrected chi connectivity index (χ3v) is 2.45. The fourth-order valence-electron chi connectivity index (χ4n) is 0.854. The van der Waals surface area contributed by atoms with Gasteiger partial charge in [-0.05, 0) is 18.2 Å². The molecule has 5 N–H and O–H groups in total. The van der Waals surface area contributed by atoms with E-state index in [9.17, 15) is 0 Å². The average molecular weight is 221 g/mol. The van der Waals surface area contributed by atoms with Crippen molar-refractivity contribution in [1.82, 2.24) is 0 Å². The zero-order valence-electron chi connectivity index (χ0n) is 7.06. The third-order valence-electron chi connectivity index (χ3n) is 1.38. The number of aliphatic hydroxyl groups excluding tert-OH is 1. The van der Waals surface area contributed by atoms with Crippen LogP contribution in [0.1, 0.15) is 0 Å². The van der Waals surface area contributed by atoms with Crippen LogP contribution in [0.4, 0.5) is 11.4 Å². The molecule has 0 spiro atoms. The Kier molecular flexibility index (Phi) is 5.70. The predicted octanol–water partition coefficient (Wildman–Crippen LogP) is 1.36. The highest BCUT2D eigenvalue weighted by molar-refractivity contribution is 7.99. The SMILES string of the molecule is Cl.Nc1ccc(SCCO)c(N)c1. The normalized spacial score (nSPS) is 9.31. The highest BCUT2D eigenvalue weighted by Gasteiger charge is 1.98. The second-order valence-electron chi connectivity index (χ2n) is 2.37. The predicted molar refractivity (Wildman–Crippen MR) is 60.3 cm³/mol. The summed E-state index contributed by atoms with van der Waals surface area (Å²) >= 11 is 1.53. The van der Waals surface area contributed by atoms with Crippen LogP contribution in [0.25, 0.3) is 0 Å². The molecule has 0 fully saturated rings. The van der Waals surface area contributed by atoms with Crippen molar-refractivity contribution in [1.29, 1.82) is 0 Å². The minimum absolute atomic E-state index is 0. The molecule has 1 aromatic rings. The van der Waals surface area contributed by atoms with Gasteiger partial charge < -0.3 is 16.6 Å². The number of benzene rings is 1. The third kappa shape index (κ3) is 3.76. The first kappa shape index (κ1) is 12.4. The summed E-state index contributed by atoms with van der Waals surface area (Å²) in [5.41, 5.74) is 12.5. The Labute approximate surface area is 87.9 Å². The quantitative estimate of drug-likeness (QED) is 0.531. The van der Waals surface area contributed by atoms with Crippen molar-refractivity contribution in [3.8, 4) is 0 Å². The van der Waals surface area contributed by atoms with Gasteiger partial charge in [-0.25, -0.2) is 0 Å². The van der Waals surface area contributed by atoms with E-state index in [2.05, 4.69) is 0 Å². The maximum Gasteiger partial charge on any atom is 0.0525 e. The molecule has 0 aliphatic rings. The Balaban J connectivity index is 0.00000144. The number of halogens is 1. The summed E-state index contributed by atoms with van der Waals surface area (Å²) < 4.78 is 0. The molecule has 0 heterocycles. The van der Waals surface area contributed by atoms with E-state index < -0.39 is 0 Å². The van der Waals surface area contributed by atoms with E-state index >= 15 is 0 Å². The van der Waals surface area contributed by atoms with Gasteiger partial charge in [0.15, 0.2) is 0 Å². The summed E-state index contributed by atoms with van der Waals surface area (Å²) in [5, 5.41) is 8.59. The second kappa shape index (κ2) is 5.96. The molecule has 13 heavy (non-hydrogen) atoms. The van der Waals surface area contributed by atoms with Gasteiger partial charge in [-0.1, -0.05) is 0 Å². The first-order valence-electron chi connectivity index (χ1n) is 3.62. The average Bonchev–Trinajstić information content (AvgIpc) is 2.03. The first-order chi connectivity index (χ1) is 5.74. The monoisotopic (exact) mass is 220 g/mol. The van der Waals surface area contributed by atoms with E-state index in [1.165, 1.54) is 11.8 Å². The number of hydrogen-bond donors (Lipinski definition) is 3. The van der Waals surface area contributed by atoms with E-state index in [4.69, 9.17) is 16.6 Å². The van der Waals surface area contributed by atoms with Gasteiger partial charge in [0, 0.05) is 22.0 Å². The summed E-state index contributed by atoms with van der Waals surface area (Å²) in [5.74, 6) is 0.661. The molecule has 0 saturated heterocycles. The zero-order valence-corrected chi connectivity index (χ0v) is 8.70. The number of hydrogen-bond acceptors (Lipinski definition) is 4. The van der Waals surface area contributed by atoms with Crippen LogP contribution >= 0.6 is 24.2 Å². The van der Waals surface area contributed by atoms with Gasteiger partial charge in [0.05, 0.1) is 6.61 Å². The van der Waals surface area contributed by atoms with E-state index in [0.717, 1.165) is 4.90 Å². The lowest BCUT2D eigenvalue weighted by Gasteiger charge is -2.04. The van der Waals surface area contributed by atoms with Crippen molar-refractivity contribution in [2.45, 2.75) is 4.90 Å². The van der Waals surface area contributed by atoms with Gasteiger partial charge in [0.1, 0.15) is 0 Å². The van der Waals surface area contributed by atoms with Gasteiger partial charge in [0.25, 0.3) is 0 Å². The minimum Gasteiger partial charge on any atom is -0.399 e. The number of anilines is 2. The fraction of sp³-hybridized carbons (Fsp3) is 0.250. The van der Waals surface area contributed by atoms with Gasteiger partial charge in [0.2, 0.25) is 0 Å². The van der Waals surface area contributed by atoms with Gasteiger partial charge in [-0.3, -0.25) is 0 Å². The van der Waals surface area contributed by atoms with Crippen LogP contribution in [0.5, 0.6) is 0 Å². The molecule has 0 aromatic heterocycles. The molecule has 5 heteroatoms. The molecule has 0 saturated carbocycles. The summed E-state index contributed by atoms with van der Waals surface area (Å²) in [4.78, 5) is 0.971. The highest BCUT2D eigenvalue weighted by atomic mass is 35.5. The maximum atomic E-state index is 8.59. The molecule has 0 amide bonds. The molecule has 0 bridgehead atoms. The van der Waals surface area contributed by atoms with Gasteiger partial charge in [-0.2, -0.15) is 0 Å². The summed E-state index contributed by atoms with van der Waals surface area (Å²) in [6.45, 7) is 0.161. The highest BCUT2D eigenvalue weighted by Crippen LogP contribution is 2.26.